The molecule has 1 amide bonds. The fraction of sp³-hybridized carbons (Fsp3) is 0.947. The molecule has 6 nitrogen and oxygen atoms in total. The molecule has 3 saturated heterocycles. The van der Waals surface area contributed by atoms with Gasteiger partial charge in [0.05, 0.1) is 6.61 Å². The SMILES string of the molecule is O=C(NCCN1CCCC[C@H]1CO)C1CCN(C2CCOCC2)CC1. The number of aliphatic hydroxyl groups is 1. The lowest BCUT2D eigenvalue weighted by Crippen LogP contribution is -2.48. The summed E-state index contributed by atoms with van der Waals surface area (Å²) in [6.45, 7) is 6.70. The largest absolute Gasteiger partial charge is 0.395 e. The molecule has 3 aliphatic rings. The first kappa shape index (κ1) is 19.1. The molecule has 0 aromatic rings. The fourth-order valence-corrected chi connectivity index (χ4v) is 4.61. The molecule has 0 aromatic heterocycles. The van der Waals surface area contributed by atoms with Crippen molar-refractivity contribution in [3.8, 4) is 0 Å². The van der Waals surface area contributed by atoms with E-state index in [-0.39, 0.29) is 24.5 Å². The van der Waals surface area contributed by atoms with E-state index in [1.165, 1.54) is 12.8 Å². The summed E-state index contributed by atoms with van der Waals surface area (Å²) in [6, 6.07) is 0.945. The molecular formula is C19H35N3O3. The second kappa shape index (κ2) is 9.86. The predicted molar refractivity (Wildman–Crippen MR) is 97.4 cm³/mol. The van der Waals surface area contributed by atoms with E-state index < -0.39 is 0 Å². The van der Waals surface area contributed by atoms with Gasteiger partial charge in [0.2, 0.25) is 5.91 Å². The van der Waals surface area contributed by atoms with Gasteiger partial charge < -0.3 is 20.1 Å². The highest BCUT2D eigenvalue weighted by atomic mass is 16.5. The number of hydrogen-bond donors (Lipinski definition) is 2. The van der Waals surface area contributed by atoms with Crippen LogP contribution in [-0.2, 0) is 9.53 Å². The third-order valence-corrected chi connectivity index (χ3v) is 6.27. The minimum absolute atomic E-state index is 0.172. The average Bonchev–Trinajstić information content (AvgIpc) is 2.69. The number of aliphatic hydroxyl groups excluding tert-OH is 1. The van der Waals surface area contributed by atoms with Crippen LogP contribution >= 0.6 is 0 Å². The predicted octanol–water partition coefficient (Wildman–Crippen LogP) is 0.840. The highest BCUT2D eigenvalue weighted by Crippen LogP contribution is 2.23. The summed E-state index contributed by atoms with van der Waals surface area (Å²) < 4.78 is 5.45. The maximum absolute atomic E-state index is 12.5. The number of amides is 1. The Hall–Kier alpha value is -0.690. The van der Waals surface area contributed by atoms with Gasteiger partial charge in [-0.1, -0.05) is 6.42 Å². The first-order valence-corrected chi connectivity index (χ1v) is 10.2. The molecule has 0 saturated carbocycles. The molecule has 144 valence electrons. The second-order valence-corrected chi connectivity index (χ2v) is 7.81. The van der Waals surface area contributed by atoms with Crippen molar-refractivity contribution in [3.63, 3.8) is 0 Å². The van der Waals surface area contributed by atoms with Crippen LogP contribution in [0.3, 0.4) is 0 Å². The molecule has 1 atom stereocenters. The monoisotopic (exact) mass is 353 g/mol. The van der Waals surface area contributed by atoms with E-state index in [1.54, 1.807) is 0 Å². The Morgan fingerprint density at radius 3 is 2.52 bits per heavy atom. The van der Waals surface area contributed by atoms with Crippen LogP contribution in [0.15, 0.2) is 0 Å². The Balaban J connectivity index is 1.33. The number of likely N-dealkylation sites (tertiary alicyclic amines) is 2. The van der Waals surface area contributed by atoms with Crippen LogP contribution < -0.4 is 5.32 Å². The second-order valence-electron chi connectivity index (χ2n) is 7.81. The summed E-state index contributed by atoms with van der Waals surface area (Å²) in [7, 11) is 0. The zero-order valence-corrected chi connectivity index (χ0v) is 15.5. The van der Waals surface area contributed by atoms with Crippen molar-refractivity contribution >= 4 is 5.91 Å². The number of piperidine rings is 2. The van der Waals surface area contributed by atoms with Gasteiger partial charge in [0.25, 0.3) is 0 Å². The Morgan fingerprint density at radius 2 is 1.80 bits per heavy atom. The average molecular weight is 354 g/mol. The van der Waals surface area contributed by atoms with Gasteiger partial charge in [-0.3, -0.25) is 9.69 Å². The van der Waals surface area contributed by atoms with Crippen LogP contribution in [0, 0.1) is 5.92 Å². The highest BCUT2D eigenvalue weighted by molar-refractivity contribution is 5.78. The topological polar surface area (TPSA) is 65.0 Å². The van der Waals surface area contributed by atoms with Crippen molar-refractivity contribution in [1.29, 1.82) is 0 Å². The maximum Gasteiger partial charge on any atom is 0.223 e. The van der Waals surface area contributed by atoms with Gasteiger partial charge in [-0.15, -0.1) is 0 Å². The molecule has 6 heteroatoms. The number of rotatable bonds is 6. The lowest BCUT2D eigenvalue weighted by atomic mass is 9.93. The van der Waals surface area contributed by atoms with Crippen LogP contribution in [0.4, 0.5) is 0 Å². The van der Waals surface area contributed by atoms with Crippen LogP contribution in [0.1, 0.15) is 44.9 Å². The zero-order valence-electron chi connectivity index (χ0n) is 15.5. The molecule has 0 unspecified atom stereocenters. The van der Waals surface area contributed by atoms with Crippen molar-refractivity contribution in [2.75, 3.05) is 52.5 Å². The fourth-order valence-electron chi connectivity index (χ4n) is 4.61. The molecule has 0 aliphatic carbocycles. The minimum atomic E-state index is 0.172. The van der Waals surface area contributed by atoms with Crippen molar-refractivity contribution < 1.29 is 14.6 Å². The maximum atomic E-state index is 12.5. The van der Waals surface area contributed by atoms with Gasteiger partial charge in [0.1, 0.15) is 0 Å². The van der Waals surface area contributed by atoms with E-state index in [2.05, 4.69) is 15.1 Å². The summed E-state index contributed by atoms with van der Waals surface area (Å²) in [5, 5.41) is 12.6. The molecule has 0 aromatic carbocycles. The van der Waals surface area contributed by atoms with Gasteiger partial charge >= 0.3 is 0 Å². The number of ether oxygens (including phenoxy) is 1. The van der Waals surface area contributed by atoms with E-state index in [9.17, 15) is 9.90 Å². The molecule has 2 N–H and O–H groups in total. The molecule has 3 rings (SSSR count). The molecule has 0 spiro atoms. The molecule has 0 radical (unpaired) electrons. The molecule has 3 aliphatic heterocycles. The van der Waals surface area contributed by atoms with Gasteiger partial charge in [-0.05, 0) is 58.2 Å². The van der Waals surface area contributed by atoms with Crippen molar-refractivity contribution in [3.05, 3.63) is 0 Å². The van der Waals surface area contributed by atoms with Crippen LogP contribution in [-0.4, -0.2) is 85.4 Å². The van der Waals surface area contributed by atoms with Gasteiger partial charge in [-0.25, -0.2) is 0 Å². The normalized spacial score (nSPS) is 28.1. The quantitative estimate of drug-likeness (QED) is 0.741. The Kier molecular flexibility index (Phi) is 7.52. The summed E-state index contributed by atoms with van der Waals surface area (Å²) in [4.78, 5) is 17.3. The zero-order chi connectivity index (χ0) is 17.5. The van der Waals surface area contributed by atoms with Crippen molar-refractivity contribution in [1.82, 2.24) is 15.1 Å². The Labute approximate surface area is 151 Å². The van der Waals surface area contributed by atoms with E-state index in [0.29, 0.717) is 12.6 Å². The lowest BCUT2D eigenvalue weighted by Gasteiger charge is -2.39. The van der Waals surface area contributed by atoms with Gasteiger partial charge in [0.15, 0.2) is 0 Å². The summed E-state index contributed by atoms with van der Waals surface area (Å²) >= 11 is 0. The van der Waals surface area contributed by atoms with E-state index in [0.717, 1.165) is 71.5 Å². The first-order chi connectivity index (χ1) is 12.3. The molecule has 3 heterocycles. The van der Waals surface area contributed by atoms with E-state index >= 15 is 0 Å². The molecule has 25 heavy (non-hydrogen) atoms. The van der Waals surface area contributed by atoms with Crippen molar-refractivity contribution in [2.24, 2.45) is 5.92 Å². The van der Waals surface area contributed by atoms with Gasteiger partial charge in [-0.2, -0.15) is 0 Å². The van der Waals surface area contributed by atoms with Crippen LogP contribution in [0.25, 0.3) is 0 Å². The number of nitrogens with one attached hydrogen (secondary N) is 1. The molecule has 3 fully saturated rings. The number of carbonyl (C=O) groups excluding carboxylic acids is 1. The van der Waals surface area contributed by atoms with Crippen LogP contribution in [0.5, 0.6) is 0 Å². The Bertz CT molecular complexity index is 407. The number of nitrogens with zero attached hydrogens (tertiary/aromatic N) is 2. The van der Waals surface area contributed by atoms with Crippen LogP contribution in [0.2, 0.25) is 0 Å². The van der Waals surface area contributed by atoms with E-state index in [4.69, 9.17) is 4.74 Å². The number of carbonyl (C=O) groups is 1. The first-order valence-electron chi connectivity index (χ1n) is 10.2. The smallest absolute Gasteiger partial charge is 0.223 e. The van der Waals surface area contributed by atoms with E-state index in [1.807, 2.05) is 0 Å². The molecule has 0 bridgehead atoms. The summed E-state index contributed by atoms with van der Waals surface area (Å²) in [5.74, 6) is 0.398. The standard InChI is InChI=1S/C19H35N3O3/c23-15-18-3-1-2-9-21(18)12-8-20-19(24)16-4-10-22(11-5-16)17-6-13-25-14-7-17/h16-18,23H,1-15H2,(H,20,24)/t18-/m0/s1. The van der Waals surface area contributed by atoms with Crippen molar-refractivity contribution in [2.45, 2.75) is 57.0 Å². The Morgan fingerprint density at radius 1 is 1.04 bits per heavy atom. The van der Waals surface area contributed by atoms with Gasteiger partial charge in [0, 0.05) is 44.3 Å². The highest BCUT2D eigenvalue weighted by Gasteiger charge is 2.29. The lowest BCUT2D eigenvalue weighted by molar-refractivity contribution is -0.126. The minimum Gasteiger partial charge on any atom is -0.395 e. The number of hydrogen-bond acceptors (Lipinski definition) is 5. The third-order valence-electron chi connectivity index (χ3n) is 6.27. The summed E-state index contributed by atoms with van der Waals surface area (Å²) in [5.41, 5.74) is 0. The molecular weight excluding hydrogens is 318 g/mol. The summed E-state index contributed by atoms with van der Waals surface area (Å²) in [6.07, 6.45) is 7.72. The third kappa shape index (κ3) is 5.39.